The van der Waals surface area contributed by atoms with Crippen LogP contribution in [0.25, 0.3) is 0 Å². The number of aliphatic hydroxyl groups excluding tert-OH is 1. The van der Waals surface area contributed by atoms with E-state index < -0.39 is 0 Å². The summed E-state index contributed by atoms with van der Waals surface area (Å²) in [7, 11) is 1.75. The fourth-order valence-electron chi connectivity index (χ4n) is 1.41. The molecule has 0 fully saturated rings. The van der Waals surface area contributed by atoms with Gasteiger partial charge in [-0.1, -0.05) is 29.7 Å². The lowest BCUT2D eigenvalue weighted by molar-refractivity contribution is 0.350. The molecule has 0 bridgehead atoms. The topological polar surface area (TPSA) is 63.8 Å². The van der Waals surface area contributed by atoms with Gasteiger partial charge in [-0.05, 0) is 28.1 Å². The van der Waals surface area contributed by atoms with Gasteiger partial charge in [0.15, 0.2) is 0 Å². The number of hydrogen-bond donors (Lipinski definition) is 1. The number of halogens is 1. The van der Waals surface area contributed by atoms with Crippen LogP contribution in [0.3, 0.4) is 0 Å². The predicted octanol–water partition coefficient (Wildman–Crippen LogP) is 0.985. The number of thioether (sulfide) groups is 1. The molecule has 0 amide bonds. The molecule has 98 valence electrons. The fraction of sp³-hybridized carbons (Fsp3) is 0.250. The van der Waals surface area contributed by atoms with Crippen LogP contribution in [0.5, 0.6) is 0 Å². The summed E-state index contributed by atoms with van der Waals surface area (Å²) >= 11 is 1.43. The number of aryl methyl sites for hydroxylation is 1. The van der Waals surface area contributed by atoms with Crippen molar-refractivity contribution in [2.24, 2.45) is 7.05 Å². The van der Waals surface area contributed by atoms with Crippen LogP contribution < -0.4 is 0 Å². The SMILES string of the molecule is Cn1nnnc1SCc1ccc(F)cc1C#CCO. The molecule has 0 atom stereocenters. The summed E-state index contributed by atoms with van der Waals surface area (Å²) < 4.78 is 14.7. The van der Waals surface area contributed by atoms with Crippen molar-refractivity contribution in [3.63, 3.8) is 0 Å². The zero-order chi connectivity index (χ0) is 13.7. The molecule has 7 heteroatoms. The number of aromatic nitrogens is 4. The molecule has 2 aromatic rings. The second-order valence-corrected chi connectivity index (χ2v) is 4.58. The maximum Gasteiger partial charge on any atom is 0.209 e. The first-order chi connectivity index (χ1) is 9.20. The predicted molar refractivity (Wildman–Crippen MR) is 68.7 cm³/mol. The molecule has 0 aliphatic rings. The standard InChI is InChI=1S/C12H11FN4OS/c1-17-12(14-15-16-17)19-8-10-4-5-11(13)7-9(10)3-2-6-18/h4-5,7,18H,6,8H2,1H3. The molecule has 1 aromatic carbocycles. The second kappa shape index (κ2) is 6.31. The molecule has 0 aliphatic carbocycles. The van der Waals surface area contributed by atoms with Crippen LogP contribution in [0.2, 0.25) is 0 Å². The van der Waals surface area contributed by atoms with Crippen LogP contribution in [0.4, 0.5) is 4.39 Å². The Morgan fingerprint density at radius 3 is 3.00 bits per heavy atom. The van der Waals surface area contributed by atoms with E-state index in [1.54, 1.807) is 17.8 Å². The molecular weight excluding hydrogens is 267 g/mol. The largest absolute Gasteiger partial charge is 0.384 e. The van der Waals surface area contributed by atoms with Crippen molar-refractivity contribution >= 4 is 11.8 Å². The highest BCUT2D eigenvalue weighted by Gasteiger charge is 2.07. The van der Waals surface area contributed by atoms with E-state index in [9.17, 15) is 4.39 Å². The van der Waals surface area contributed by atoms with Gasteiger partial charge in [0, 0.05) is 18.4 Å². The van der Waals surface area contributed by atoms with Gasteiger partial charge in [0.25, 0.3) is 0 Å². The van der Waals surface area contributed by atoms with E-state index >= 15 is 0 Å². The first kappa shape index (κ1) is 13.5. The van der Waals surface area contributed by atoms with Crippen molar-refractivity contribution in [2.45, 2.75) is 10.9 Å². The van der Waals surface area contributed by atoms with E-state index in [2.05, 4.69) is 27.4 Å². The third-order valence-electron chi connectivity index (χ3n) is 2.31. The number of benzene rings is 1. The second-order valence-electron chi connectivity index (χ2n) is 3.64. The molecule has 1 aromatic heterocycles. The van der Waals surface area contributed by atoms with Crippen molar-refractivity contribution in [3.8, 4) is 11.8 Å². The van der Waals surface area contributed by atoms with E-state index in [1.807, 2.05) is 0 Å². The zero-order valence-corrected chi connectivity index (χ0v) is 11.0. The lowest BCUT2D eigenvalue weighted by Crippen LogP contribution is -1.95. The number of aliphatic hydroxyl groups is 1. The van der Waals surface area contributed by atoms with Gasteiger partial charge in [0.2, 0.25) is 5.16 Å². The molecule has 0 radical (unpaired) electrons. The molecule has 0 spiro atoms. The van der Waals surface area contributed by atoms with Crippen molar-refractivity contribution in [1.82, 2.24) is 20.2 Å². The quantitative estimate of drug-likeness (QED) is 0.670. The van der Waals surface area contributed by atoms with Gasteiger partial charge in [-0.2, -0.15) is 0 Å². The number of nitrogens with zero attached hydrogens (tertiary/aromatic N) is 4. The van der Waals surface area contributed by atoms with E-state index in [-0.39, 0.29) is 12.4 Å². The average molecular weight is 278 g/mol. The molecule has 1 N–H and O–H groups in total. The summed E-state index contributed by atoms with van der Waals surface area (Å²) in [5.41, 5.74) is 1.44. The Balaban J connectivity index is 2.17. The smallest absolute Gasteiger partial charge is 0.209 e. The van der Waals surface area contributed by atoms with E-state index in [0.29, 0.717) is 16.5 Å². The van der Waals surface area contributed by atoms with Crippen molar-refractivity contribution in [1.29, 1.82) is 0 Å². The van der Waals surface area contributed by atoms with Gasteiger partial charge >= 0.3 is 0 Å². The van der Waals surface area contributed by atoms with Crippen molar-refractivity contribution < 1.29 is 9.50 Å². The zero-order valence-electron chi connectivity index (χ0n) is 10.2. The summed E-state index contributed by atoms with van der Waals surface area (Å²) in [5, 5.41) is 20.5. The molecule has 2 rings (SSSR count). The first-order valence-corrected chi connectivity index (χ1v) is 6.42. The normalized spacial score (nSPS) is 10.1. The molecule has 0 aliphatic heterocycles. The molecule has 19 heavy (non-hydrogen) atoms. The van der Waals surface area contributed by atoms with Gasteiger partial charge in [-0.25, -0.2) is 9.07 Å². The van der Waals surface area contributed by atoms with E-state index in [4.69, 9.17) is 5.11 Å². The van der Waals surface area contributed by atoms with Gasteiger partial charge < -0.3 is 5.11 Å². The summed E-state index contributed by atoms with van der Waals surface area (Å²) in [6.07, 6.45) is 0. The van der Waals surface area contributed by atoms with Crippen LogP contribution >= 0.6 is 11.8 Å². The Kier molecular flexibility index (Phi) is 4.49. The number of rotatable bonds is 3. The first-order valence-electron chi connectivity index (χ1n) is 5.44. The lowest BCUT2D eigenvalue weighted by Gasteiger charge is -2.04. The van der Waals surface area contributed by atoms with Gasteiger partial charge in [-0.15, -0.1) is 5.10 Å². The van der Waals surface area contributed by atoms with Gasteiger partial charge in [0.05, 0.1) is 0 Å². The van der Waals surface area contributed by atoms with Gasteiger partial charge in [0.1, 0.15) is 12.4 Å². The minimum absolute atomic E-state index is 0.254. The van der Waals surface area contributed by atoms with Crippen molar-refractivity contribution in [2.75, 3.05) is 6.61 Å². The lowest BCUT2D eigenvalue weighted by atomic mass is 10.1. The number of tetrazole rings is 1. The molecule has 1 heterocycles. The molecule has 0 saturated carbocycles. The van der Waals surface area contributed by atoms with Crippen LogP contribution in [-0.2, 0) is 12.8 Å². The fourth-order valence-corrected chi connectivity index (χ4v) is 2.27. The van der Waals surface area contributed by atoms with Crippen LogP contribution in [0.1, 0.15) is 11.1 Å². The van der Waals surface area contributed by atoms with Crippen LogP contribution in [0.15, 0.2) is 23.4 Å². The summed E-state index contributed by atoms with van der Waals surface area (Å²) in [6, 6.07) is 4.41. The van der Waals surface area contributed by atoms with Crippen molar-refractivity contribution in [3.05, 3.63) is 35.1 Å². The van der Waals surface area contributed by atoms with Crippen LogP contribution in [-0.4, -0.2) is 31.9 Å². The highest BCUT2D eigenvalue weighted by Crippen LogP contribution is 2.22. The number of hydrogen-bond acceptors (Lipinski definition) is 5. The molecule has 5 nitrogen and oxygen atoms in total. The third-order valence-corrected chi connectivity index (χ3v) is 3.37. The summed E-state index contributed by atoms with van der Waals surface area (Å²) in [6.45, 7) is -0.254. The Bertz CT molecular complexity index is 632. The monoisotopic (exact) mass is 278 g/mol. The average Bonchev–Trinajstić information content (AvgIpc) is 2.81. The Labute approximate surface area is 113 Å². The Morgan fingerprint density at radius 1 is 1.47 bits per heavy atom. The Morgan fingerprint density at radius 2 is 2.32 bits per heavy atom. The minimum atomic E-state index is -0.351. The third kappa shape index (κ3) is 3.53. The summed E-state index contributed by atoms with van der Waals surface area (Å²) in [4.78, 5) is 0. The highest BCUT2D eigenvalue weighted by atomic mass is 32.2. The van der Waals surface area contributed by atoms with Crippen LogP contribution in [0, 0.1) is 17.7 Å². The molecule has 0 unspecified atom stereocenters. The maximum atomic E-state index is 13.2. The Hall–Kier alpha value is -1.91. The van der Waals surface area contributed by atoms with Gasteiger partial charge in [-0.3, -0.25) is 0 Å². The summed E-state index contributed by atoms with van der Waals surface area (Å²) in [5.74, 6) is 5.48. The van der Waals surface area contributed by atoms with E-state index in [1.165, 1.54) is 23.9 Å². The van der Waals surface area contributed by atoms with E-state index in [0.717, 1.165) is 5.56 Å². The minimum Gasteiger partial charge on any atom is -0.384 e. The molecule has 0 saturated heterocycles. The highest BCUT2D eigenvalue weighted by molar-refractivity contribution is 7.98. The maximum absolute atomic E-state index is 13.2. The molecular formula is C12H11FN4OS.